The molecule has 2 aromatic carbocycles. The number of nitrogens with two attached hydrogens (primary N) is 1. The van der Waals surface area contributed by atoms with Gasteiger partial charge in [0, 0.05) is 21.4 Å². The number of amides is 1. The van der Waals surface area contributed by atoms with E-state index < -0.39 is 0 Å². The van der Waals surface area contributed by atoms with Gasteiger partial charge in [0.2, 0.25) is 0 Å². The Bertz CT molecular complexity index is 537. The Labute approximate surface area is 113 Å². The molecule has 5 heteroatoms. The number of hydrazine groups is 1. The predicted molar refractivity (Wildman–Crippen MR) is 76.3 cm³/mol. The number of carbonyl (C=O) groups excluding carboxylic acids is 1. The van der Waals surface area contributed by atoms with Gasteiger partial charge in [0.1, 0.15) is 0 Å². The summed E-state index contributed by atoms with van der Waals surface area (Å²) in [7, 11) is 0. The summed E-state index contributed by atoms with van der Waals surface area (Å²) in [5.74, 6) is 5.11. The molecule has 92 valence electrons. The molecule has 0 saturated heterocycles. The van der Waals surface area contributed by atoms with E-state index >= 15 is 0 Å². The minimum atomic E-state index is -0.152. The number of hydrogen-bond acceptors (Lipinski definition) is 3. The van der Waals surface area contributed by atoms with Crippen LogP contribution in [0.1, 0.15) is 10.4 Å². The molecule has 0 unspecified atom stereocenters. The normalized spacial score (nSPS) is 9.89. The van der Waals surface area contributed by atoms with Crippen LogP contribution in [0.3, 0.4) is 0 Å². The van der Waals surface area contributed by atoms with E-state index in [1.54, 1.807) is 24.3 Å². The maximum atomic E-state index is 11.9. The van der Waals surface area contributed by atoms with Gasteiger partial charge in [-0.05, 0) is 48.5 Å². The fourth-order valence-corrected chi connectivity index (χ4v) is 1.72. The number of nitrogen functional groups attached to an aromatic ring is 1. The Hall–Kier alpha value is -1.85. The van der Waals surface area contributed by atoms with E-state index in [9.17, 15) is 4.79 Å². The molecular formula is C13H12BrN3O. The van der Waals surface area contributed by atoms with E-state index in [1.165, 1.54) is 0 Å². The predicted octanol–water partition coefficient (Wildman–Crippen LogP) is 2.99. The second kappa shape index (κ2) is 5.66. The van der Waals surface area contributed by atoms with Gasteiger partial charge in [-0.1, -0.05) is 15.9 Å². The first-order valence-corrected chi connectivity index (χ1v) is 6.12. The molecule has 0 aliphatic heterocycles. The molecule has 0 aliphatic carbocycles. The van der Waals surface area contributed by atoms with Crippen molar-refractivity contribution in [2.75, 3.05) is 10.7 Å². The molecule has 0 spiro atoms. The lowest BCUT2D eigenvalue weighted by Gasteiger charge is -2.06. The molecule has 0 aliphatic rings. The van der Waals surface area contributed by atoms with E-state index in [-0.39, 0.29) is 5.91 Å². The third kappa shape index (κ3) is 3.09. The van der Waals surface area contributed by atoms with Crippen LogP contribution >= 0.6 is 15.9 Å². The zero-order valence-corrected chi connectivity index (χ0v) is 11.1. The summed E-state index contributed by atoms with van der Waals surface area (Å²) in [6.07, 6.45) is 0. The molecule has 0 heterocycles. The second-order valence-corrected chi connectivity index (χ2v) is 4.60. The summed E-state index contributed by atoms with van der Waals surface area (Å²) in [5.41, 5.74) is 4.61. The molecule has 2 rings (SSSR count). The van der Waals surface area contributed by atoms with Crippen LogP contribution in [-0.4, -0.2) is 5.91 Å². The first kappa shape index (κ1) is 12.6. The van der Waals surface area contributed by atoms with Crippen molar-refractivity contribution >= 4 is 33.2 Å². The number of anilines is 2. The van der Waals surface area contributed by atoms with E-state index in [4.69, 9.17) is 5.84 Å². The SMILES string of the molecule is NNc1ccc(C(=O)Nc2ccc(Br)cc2)cc1. The van der Waals surface area contributed by atoms with E-state index in [0.717, 1.165) is 15.8 Å². The number of rotatable bonds is 3. The number of benzene rings is 2. The van der Waals surface area contributed by atoms with Gasteiger partial charge in [-0.2, -0.15) is 0 Å². The molecule has 0 bridgehead atoms. The molecule has 0 fully saturated rings. The molecule has 4 N–H and O–H groups in total. The van der Waals surface area contributed by atoms with Gasteiger partial charge in [0.05, 0.1) is 0 Å². The van der Waals surface area contributed by atoms with E-state index in [0.29, 0.717) is 5.56 Å². The maximum absolute atomic E-state index is 11.9. The highest BCUT2D eigenvalue weighted by atomic mass is 79.9. The quantitative estimate of drug-likeness (QED) is 0.603. The highest BCUT2D eigenvalue weighted by molar-refractivity contribution is 9.10. The molecule has 0 atom stereocenters. The molecule has 4 nitrogen and oxygen atoms in total. The van der Waals surface area contributed by atoms with Crippen molar-refractivity contribution in [3.63, 3.8) is 0 Å². The third-order valence-electron chi connectivity index (χ3n) is 2.42. The zero-order chi connectivity index (χ0) is 13.0. The van der Waals surface area contributed by atoms with Gasteiger partial charge in [0.25, 0.3) is 5.91 Å². The topological polar surface area (TPSA) is 67.1 Å². The largest absolute Gasteiger partial charge is 0.324 e. The Morgan fingerprint density at radius 1 is 0.944 bits per heavy atom. The summed E-state index contributed by atoms with van der Waals surface area (Å²) in [4.78, 5) is 11.9. The number of hydrogen-bond donors (Lipinski definition) is 3. The number of halogens is 1. The smallest absolute Gasteiger partial charge is 0.255 e. The van der Waals surface area contributed by atoms with Gasteiger partial charge >= 0.3 is 0 Å². The summed E-state index contributed by atoms with van der Waals surface area (Å²) in [6, 6.07) is 14.3. The zero-order valence-electron chi connectivity index (χ0n) is 9.48. The van der Waals surface area contributed by atoms with E-state index in [1.807, 2.05) is 24.3 Å². The average Bonchev–Trinajstić information content (AvgIpc) is 2.41. The Kier molecular flexibility index (Phi) is 3.96. The van der Waals surface area contributed by atoms with Gasteiger partial charge in [-0.25, -0.2) is 0 Å². The van der Waals surface area contributed by atoms with Crippen LogP contribution in [0, 0.1) is 0 Å². The first-order chi connectivity index (χ1) is 8.69. The van der Waals surface area contributed by atoms with Gasteiger partial charge in [-0.15, -0.1) is 0 Å². The summed E-state index contributed by atoms with van der Waals surface area (Å²) in [6.45, 7) is 0. The van der Waals surface area contributed by atoms with Crippen molar-refractivity contribution < 1.29 is 4.79 Å². The van der Waals surface area contributed by atoms with Crippen LogP contribution in [0.5, 0.6) is 0 Å². The van der Waals surface area contributed by atoms with Crippen LogP contribution in [0.2, 0.25) is 0 Å². The molecule has 0 radical (unpaired) electrons. The first-order valence-electron chi connectivity index (χ1n) is 5.32. The minimum Gasteiger partial charge on any atom is -0.324 e. The Morgan fingerprint density at radius 3 is 2.06 bits per heavy atom. The minimum absolute atomic E-state index is 0.152. The Balaban J connectivity index is 2.09. The number of carbonyl (C=O) groups is 1. The van der Waals surface area contributed by atoms with Crippen LogP contribution in [0.4, 0.5) is 11.4 Å². The van der Waals surface area contributed by atoms with Crippen LogP contribution in [0.25, 0.3) is 0 Å². The van der Waals surface area contributed by atoms with Crippen molar-refractivity contribution in [3.05, 3.63) is 58.6 Å². The molecular weight excluding hydrogens is 294 g/mol. The van der Waals surface area contributed by atoms with Crippen molar-refractivity contribution in [2.24, 2.45) is 5.84 Å². The molecule has 0 saturated carbocycles. The van der Waals surface area contributed by atoms with Crippen molar-refractivity contribution in [1.82, 2.24) is 0 Å². The third-order valence-corrected chi connectivity index (χ3v) is 2.94. The summed E-state index contributed by atoms with van der Waals surface area (Å²) in [5, 5.41) is 2.81. The molecule has 0 aromatic heterocycles. The standard InChI is InChI=1S/C13H12BrN3O/c14-10-3-7-11(8-4-10)16-13(18)9-1-5-12(17-15)6-2-9/h1-8,17H,15H2,(H,16,18). The average molecular weight is 306 g/mol. The highest BCUT2D eigenvalue weighted by Crippen LogP contribution is 2.15. The van der Waals surface area contributed by atoms with Gasteiger partial charge < -0.3 is 10.7 Å². The summed E-state index contributed by atoms with van der Waals surface area (Å²) >= 11 is 3.34. The number of nitrogens with one attached hydrogen (secondary N) is 2. The van der Waals surface area contributed by atoms with Gasteiger partial charge in [-0.3, -0.25) is 10.6 Å². The van der Waals surface area contributed by atoms with Crippen LogP contribution in [-0.2, 0) is 0 Å². The second-order valence-electron chi connectivity index (χ2n) is 3.68. The summed E-state index contributed by atoms with van der Waals surface area (Å²) < 4.78 is 0.971. The Morgan fingerprint density at radius 2 is 1.50 bits per heavy atom. The van der Waals surface area contributed by atoms with Crippen molar-refractivity contribution in [2.45, 2.75) is 0 Å². The maximum Gasteiger partial charge on any atom is 0.255 e. The van der Waals surface area contributed by atoms with Gasteiger partial charge in [0.15, 0.2) is 0 Å². The van der Waals surface area contributed by atoms with Crippen molar-refractivity contribution in [3.8, 4) is 0 Å². The van der Waals surface area contributed by atoms with Crippen LogP contribution in [0.15, 0.2) is 53.0 Å². The fraction of sp³-hybridized carbons (Fsp3) is 0. The monoisotopic (exact) mass is 305 g/mol. The highest BCUT2D eigenvalue weighted by Gasteiger charge is 2.05. The lowest BCUT2D eigenvalue weighted by Crippen LogP contribution is -2.12. The fourth-order valence-electron chi connectivity index (χ4n) is 1.45. The lowest BCUT2D eigenvalue weighted by atomic mass is 10.2. The van der Waals surface area contributed by atoms with Crippen molar-refractivity contribution in [1.29, 1.82) is 0 Å². The van der Waals surface area contributed by atoms with E-state index in [2.05, 4.69) is 26.7 Å². The molecule has 18 heavy (non-hydrogen) atoms. The van der Waals surface area contributed by atoms with Crippen LogP contribution < -0.4 is 16.6 Å². The molecule has 1 amide bonds. The molecule has 2 aromatic rings. The lowest BCUT2D eigenvalue weighted by molar-refractivity contribution is 0.102.